The monoisotopic (exact) mass is 241 g/mol. The third kappa shape index (κ3) is 2.27. The molecule has 16 heavy (non-hydrogen) atoms. The molecular weight excluding hydrogens is 222 g/mol. The summed E-state index contributed by atoms with van der Waals surface area (Å²) >= 11 is 1.62. The Morgan fingerprint density at radius 2 is 2.44 bits per heavy atom. The van der Waals surface area contributed by atoms with Crippen molar-refractivity contribution < 1.29 is 5.11 Å². The van der Waals surface area contributed by atoms with Gasteiger partial charge in [0.25, 0.3) is 0 Å². The number of thiazole rings is 1. The Bertz CT molecular complexity index is 309. The lowest BCUT2D eigenvalue weighted by molar-refractivity contribution is 0.0451. The molecule has 90 valence electrons. The Balaban J connectivity index is 2.19. The standard InChI is InChI=1S/C11H19N3OS/c1-11(9-15,10-13-5-8-16-10)14-6-2-3-12-4-7-14/h5,8,12,15H,2-4,6-7,9H2,1H3. The molecule has 4 nitrogen and oxygen atoms in total. The Labute approximate surface area is 100 Å². The van der Waals surface area contributed by atoms with Gasteiger partial charge in [0.1, 0.15) is 5.01 Å². The average Bonchev–Trinajstić information content (AvgIpc) is 2.71. The lowest BCUT2D eigenvalue weighted by Crippen LogP contribution is -2.48. The second-order valence-corrected chi connectivity index (χ2v) is 5.25. The number of aliphatic hydroxyl groups excluding tert-OH is 1. The van der Waals surface area contributed by atoms with Crippen LogP contribution in [-0.2, 0) is 5.54 Å². The molecule has 1 aromatic heterocycles. The third-order valence-corrected chi connectivity index (χ3v) is 4.27. The second kappa shape index (κ2) is 5.23. The maximum absolute atomic E-state index is 9.71. The van der Waals surface area contributed by atoms with Gasteiger partial charge in [-0.2, -0.15) is 0 Å². The van der Waals surface area contributed by atoms with Crippen molar-refractivity contribution in [2.45, 2.75) is 18.9 Å². The highest BCUT2D eigenvalue weighted by atomic mass is 32.1. The van der Waals surface area contributed by atoms with Crippen LogP contribution in [0.2, 0.25) is 0 Å². The largest absolute Gasteiger partial charge is 0.394 e. The van der Waals surface area contributed by atoms with Crippen LogP contribution in [0, 0.1) is 0 Å². The van der Waals surface area contributed by atoms with Crippen LogP contribution in [0.3, 0.4) is 0 Å². The molecule has 1 unspecified atom stereocenters. The van der Waals surface area contributed by atoms with Gasteiger partial charge in [-0.15, -0.1) is 11.3 Å². The molecule has 2 N–H and O–H groups in total. The van der Waals surface area contributed by atoms with Gasteiger partial charge in [0, 0.05) is 31.2 Å². The molecule has 5 heteroatoms. The molecule has 1 atom stereocenters. The van der Waals surface area contributed by atoms with E-state index in [2.05, 4.69) is 22.1 Å². The number of hydrogen-bond donors (Lipinski definition) is 2. The van der Waals surface area contributed by atoms with E-state index in [9.17, 15) is 5.11 Å². The summed E-state index contributed by atoms with van der Waals surface area (Å²) in [5, 5.41) is 16.1. The SMILES string of the molecule is CC(CO)(c1nccs1)N1CCCNCC1. The summed E-state index contributed by atoms with van der Waals surface area (Å²) in [6, 6.07) is 0. The van der Waals surface area contributed by atoms with Crippen LogP contribution in [0.4, 0.5) is 0 Å². The minimum Gasteiger partial charge on any atom is -0.394 e. The van der Waals surface area contributed by atoms with Crippen molar-refractivity contribution in [3.63, 3.8) is 0 Å². The first-order chi connectivity index (χ1) is 7.77. The molecule has 1 aromatic rings. The van der Waals surface area contributed by atoms with Gasteiger partial charge in [-0.1, -0.05) is 0 Å². The van der Waals surface area contributed by atoms with E-state index in [-0.39, 0.29) is 12.1 Å². The van der Waals surface area contributed by atoms with Gasteiger partial charge in [0.15, 0.2) is 0 Å². The number of rotatable bonds is 3. The number of nitrogens with zero attached hydrogens (tertiary/aromatic N) is 2. The first-order valence-electron chi connectivity index (χ1n) is 5.74. The molecule has 1 aliphatic rings. The number of aliphatic hydroxyl groups is 1. The van der Waals surface area contributed by atoms with E-state index in [0.717, 1.165) is 37.6 Å². The molecule has 0 aliphatic carbocycles. The highest BCUT2D eigenvalue weighted by Crippen LogP contribution is 2.29. The van der Waals surface area contributed by atoms with E-state index >= 15 is 0 Å². The van der Waals surface area contributed by atoms with Crippen LogP contribution in [0.15, 0.2) is 11.6 Å². The summed E-state index contributed by atoms with van der Waals surface area (Å²) in [7, 11) is 0. The number of aromatic nitrogens is 1. The fraction of sp³-hybridized carbons (Fsp3) is 0.727. The van der Waals surface area contributed by atoms with E-state index in [1.165, 1.54) is 0 Å². The first-order valence-corrected chi connectivity index (χ1v) is 6.62. The van der Waals surface area contributed by atoms with Crippen LogP contribution in [0.5, 0.6) is 0 Å². The molecule has 0 spiro atoms. The Hall–Kier alpha value is -0.490. The van der Waals surface area contributed by atoms with Gasteiger partial charge < -0.3 is 10.4 Å². The topological polar surface area (TPSA) is 48.4 Å². The smallest absolute Gasteiger partial charge is 0.115 e. The minimum absolute atomic E-state index is 0.126. The van der Waals surface area contributed by atoms with Gasteiger partial charge in [-0.05, 0) is 19.9 Å². The zero-order chi connectivity index (χ0) is 11.4. The molecule has 0 saturated carbocycles. The second-order valence-electron chi connectivity index (χ2n) is 4.36. The highest BCUT2D eigenvalue weighted by Gasteiger charge is 2.35. The summed E-state index contributed by atoms with van der Waals surface area (Å²) in [6.07, 6.45) is 2.94. The maximum Gasteiger partial charge on any atom is 0.115 e. The molecule has 2 heterocycles. The van der Waals surface area contributed by atoms with Crippen molar-refractivity contribution in [1.29, 1.82) is 0 Å². The summed E-state index contributed by atoms with van der Waals surface area (Å²) in [4.78, 5) is 6.70. The zero-order valence-electron chi connectivity index (χ0n) is 9.65. The van der Waals surface area contributed by atoms with Gasteiger partial charge in [0.05, 0.1) is 12.1 Å². The molecule has 0 radical (unpaired) electrons. The molecule has 0 bridgehead atoms. The van der Waals surface area contributed by atoms with E-state index in [1.54, 1.807) is 11.3 Å². The average molecular weight is 241 g/mol. The normalized spacial score (nSPS) is 22.6. The summed E-state index contributed by atoms with van der Waals surface area (Å²) in [5.41, 5.74) is -0.319. The van der Waals surface area contributed by atoms with E-state index < -0.39 is 0 Å². The van der Waals surface area contributed by atoms with E-state index in [0.29, 0.717) is 0 Å². The summed E-state index contributed by atoms with van der Waals surface area (Å²) in [5.74, 6) is 0. The molecule has 1 fully saturated rings. The quantitative estimate of drug-likeness (QED) is 0.815. The van der Waals surface area contributed by atoms with E-state index in [4.69, 9.17) is 0 Å². The Morgan fingerprint density at radius 1 is 1.56 bits per heavy atom. The minimum atomic E-state index is -0.319. The lowest BCUT2D eigenvalue weighted by atomic mass is 10.0. The van der Waals surface area contributed by atoms with Crippen LogP contribution >= 0.6 is 11.3 Å². The Morgan fingerprint density at radius 3 is 3.12 bits per heavy atom. The van der Waals surface area contributed by atoms with Crippen molar-refractivity contribution in [2.75, 3.05) is 32.8 Å². The van der Waals surface area contributed by atoms with Gasteiger partial charge in [-0.3, -0.25) is 4.90 Å². The van der Waals surface area contributed by atoms with Crippen LogP contribution in [-0.4, -0.2) is 47.8 Å². The molecule has 0 amide bonds. The van der Waals surface area contributed by atoms with Gasteiger partial charge in [-0.25, -0.2) is 4.98 Å². The molecular formula is C11H19N3OS. The number of hydrogen-bond acceptors (Lipinski definition) is 5. The van der Waals surface area contributed by atoms with Crippen molar-refractivity contribution in [3.05, 3.63) is 16.6 Å². The van der Waals surface area contributed by atoms with Crippen LogP contribution in [0.1, 0.15) is 18.4 Å². The maximum atomic E-state index is 9.71. The van der Waals surface area contributed by atoms with Gasteiger partial charge in [0.2, 0.25) is 0 Å². The van der Waals surface area contributed by atoms with Crippen LogP contribution in [0.25, 0.3) is 0 Å². The first kappa shape index (κ1) is 12.0. The fourth-order valence-corrected chi connectivity index (χ4v) is 2.95. The fourth-order valence-electron chi connectivity index (χ4n) is 2.13. The Kier molecular flexibility index (Phi) is 3.91. The predicted molar refractivity (Wildman–Crippen MR) is 65.6 cm³/mol. The molecule has 0 aromatic carbocycles. The lowest BCUT2D eigenvalue weighted by Gasteiger charge is -2.37. The summed E-state index contributed by atoms with van der Waals surface area (Å²) < 4.78 is 0. The zero-order valence-corrected chi connectivity index (χ0v) is 10.5. The van der Waals surface area contributed by atoms with Crippen LogP contribution < -0.4 is 5.32 Å². The summed E-state index contributed by atoms with van der Waals surface area (Å²) in [6.45, 7) is 6.24. The van der Waals surface area contributed by atoms with Crippen molar-refractivity contribution in [3.8, 4) is 0 Å². The third-order valence-electron chi connectivity index (χ3n) is 3.24. The van der Waals surface area contributed by atoms with Crippen molar-refractivity contribution in [1.82, 2.24) is 15.2 Å². The van der Waals surface area contributed by atoms with Gasteiger partial charge >= 0.3 is 0 Å². The molecule has 1 aliphatic heterocycles. The van der Waals surface area contributed by atoms with E-state index in [1.807, 2.05) is 11.6 Å². The number of nitrogens with one attached hydrogen (secondary N) is 1. The highest BCUT2D eigenvalue weighted by molar-refractivity contribution is 7.09. The predicted octanol–water partition coefficient (Wildman–Crippen LogP) is 0.646. The van der Waals surface area contributed by atoms with Crippen molar-refractivity contribution >= 4 is 11.3 Å². The molecule has 1 saturated heterocycles. The van der Waals surface area contributed by atoms with Crippen molar-refractivity contribution in [2.24, 2.45) is 0 Å². The molecule has 2 rings (SSSR count).